The van der Waals surface area contributed by atoms with Gasteiger partial charge in [0.1, 0.15) is 5.65 Å². The summed E-state index contributed by atoms with van der Waals surface area (Å²) in [4.78, 5) is 7.02. The molecule has 21 heavy (non-hydrogen) atoms. The van der Waals surface area contributed by atoms with Crippen molar-refractivity contribution in [1.29, 1.82) is 0 Å². The molecule has 4 heteroatoms. The van der Waals surface area contributed by atoms with Gasteiger partial charge in [-0.3, -0.25) is 0 Å². The molecule has 1 aromatic carbocycles. The Labute approximate surface area is 124 Å². The molecule has 2 N–H and O–H groups in total. The molecule has 0 saturated carbocycles. The van der Waals surface area contributed by atoms with Gasteiger partial charge in [0.2, 0.25) is 0 Å². The molecule has 4 nitrogen and oxygen atoms in total. The summed E-state index contributed by atoms with van der Waals surface area (Å²) in [6.07, 6.45) is 2.08. The number of hydrogen-bond donors (Lipinski definition) is 1. The SMILES string of the molecule is Cc1cccn2c(CN(C)C)c(-c3ccc(N)cc3)nc12. The topological polar surface area (TPSA) is 46.6 Å². The first-order valence-corrected chi connectivity index (χ1v) is 7.03. The molecule has 108 valence electrons. The molecule has 3 aromatic rings. The number of anilines is 1. The van der Waals surface area contributed by atoms with Gasteiger partial charge in [-0.15, -0.1) is 0 Å². The van der Waals surface area contributed by atoms with Crippen LogP contribution in [0, 0.1) is 6.92 Å². The van der Waals surface area contributed by atoms with E-state index in [1.165, 1.54) is 11.3 Å². The van der Waals surface area contributed by atoms with Gasteiger partial charge >= 0.3 is 0 Å². The summed E-state index contributed by atoms with van der Waals surface area (Å²) in [5.74, 6) is 0. The Morgan fingerprint density at radius 2 is 1.86 bits per heavy atom. The third kappa shape index (κ3) is 2.50. The van der Waals surface area contributed by atoms with Crippen LogP contribution in [0.5, 0.6) is 0 Å². The van der Waals surface area contributed by atoms with E-state index in [1.807, 2.05) is 24.3 Å². The molecule has 0 amide bonds. The van der Waals surface area contributed by atoms with Gasteiger partial charge in [-0.25, -0.2) is 4.98 Å². The smallest absolute Gasteiger partial charge is 0.140 e. The fraction of sp³-hybridized carbons (Fsp3) is 0.235. The maximum atomic E-state index is 5.79. The van der Waals surface area contributed by atoms with Crippen LogP contribution in [-0.4, -0.2) is 28.4 Å². The predicted molar refractivity (Wildman–Crippen MR) is 87.2 cm³/mol. The van der Waals surface area contributed by atoms with Crippen LogP contribution in [0.2, 0.25) is 0 Å². The molecule has 2 heterocycles. The number of nitrogen functional groups attached to an aromatic ring is 1. The van der Waals surface area contributed by atoms with Gasteiger partial charge in [-0.05, 0) is 44.8 Å². The molecule has 0 unspecified atom stereocenters. The van der Waals surface area contributed by atoms with Crippen molar-refractivity contribution in [2.45, 2.75) is 13.5 Å². The van der Waals surface area contributed by atoms with Crippen LogP contribution in [0.1, 0.15) is 11.3 Å². The summed E-state index contributed by atoms with van der Waals surface area (Å²) in [5.41, 5.74) is 12.1. The molecule has 0 spiro atoms. The number of pyridine rings is 1. The molecule has 3 rings (SSSR count). The number of aryl methyl sites for hydroxylation is 1. The van der Waals surface area contributed by atoms with E-state index >= 15 is 0 Å². The monoisotopic (exact) mass is 280 g/mol. The molecule has 0 saturated heterocycles. The fourth-order valence-corrected chi connectivity index (χ4v) is 2.58. The van der Waals surface area contributed by atoms with Crippen LogP contribution in [0.4, 0.5) is 5.69 Å². The lowest BCUT2D eigenvalue weighted by atomic mass is 10.1. The normalized spacial score (nSPS) is 11.4. The van der Waals surface area contributed by atoms with E-state index < -0.39 is 0 Å². The molecular weight excluding hydrogens is 260 g/mol. The van der Waals surface area contributed by atoms with Crippen molar-refractivity contribution in [1.82, 2.24) is 14.3 Å². The Morgan fingerprint density at radius 1 is 1.14 bits per heavy atom. The highest BCUT2D eigenvalue weighted by atomic mass is 15.1. The molecule has 0 aliphatic rings. The number of rotatable bonds is 3. The van der Waals surface area contributed by atoms with Crippen molar-refractivity contribution < 1.29 is 0 Å². The van der Waals surface area contributed by atoms with Gasteiger partial charge in [0, 0.05) is 24.0 Å². The van der Waals surface area contributed by atoms with Crippen LogP contribution < -0.4 is 5.73 Å². The second-order valence-corrected chi connectivity index (χ2v) is 5.65. The van der Waals surface area contributed by atoms with Gasteiger partial charge in [-0.2, -0.15) is 0 Å². The van der Waals surface area contributed by atoms with Gasteiger partial charge in [-0.1, -0.05) is 18.2 Å². The Kier molecular flexibility index (Phi) is 3.39. The highest BCUT2D eigenvalue weighted by Gasteiger charge is 2.15. The number of benzene rings is 1. The molecule has 0 aliphatic carbocycles. The van der Waals surface area contributed by atoms with E-state index in [9.17, 15) is 0 Å². The van der Waals surface area contributed by atoms with Crippen molar-refractivity contribution in [3.8, 4) is 11.3 Å². The standard InChI is InChI=1S/C17H20N4/c1-12-5-4-10-21-15(11-20(2)3)16(19-17(12)21)13-6-8-14(18)9-7-13/h4-10H,11,18H2,1-3H3. The number of nitrogens with two attached hydrogens (primary N) is 1. The Morgan fingerprint density at radius 3 is 2.52 bits per heavy atom. The Hall–Kier alpha value is -2.33. The van der Waals surface area contributed by atoms with Crippen LogP contribution >= 0.6 is 0 Å². The minimum Gasteiger partial charge on any atom is -0.399 e. The first-order valence-electron chi connectivity index (χ1n) is 7.03. The summed E-state index contributed by atoms with van der Waals surface area (Å²) in [6, 6.07) is 12.1. The van der Waals surface area contributed by atoms with E-state index in [0.29, 0.717) is 0 Å². The first kappa shape index (κ1) is 13.6. The van der Waals surface area contributed by atoms with Gasteiger partial charge in [0.15, 0.2) is 0 Å². The molecule has 0 bridgehead atoms. The van der Waals surface area contributed by atoms with Crippen LogP contribution in [-0.2, 0) is 6.54 Å². The van der Waals surface area contributed by atoms with Gasteiger partial charge < -0.3 is 15.0 Å². The number of aromatic nitrogens is 2. The Bertz CT molecular complexity index is 769. The van der Waals surface area contributed by atoms with Crippen molar-refractivity contribution in [2.24, 2.45) is 0 Å². The molecule has 0 atom stereocenters. The molecule has 0 fully saturated rings. The summed E-state index contributed by atoms with van der Waals surface area (Å²) in [6.45, 7) is 2.93. The average Bonchev–Trinajstić information content (AvgIpc) is 2.80. The van der Waals surface area contributed by atoms with E-state index in [1.54, 1.807) is 0 Å². The highest BCUT2D eigenvalue weighted by Crippen LogP contribution is 2.27. The third-order valence-electron chi connectivity index (χ3n) is 3.59. The Balaban J connectivity index is 2.25. The van der Waals surface area contributed by atoms with Crippen molar-refractivity contribution in [3.63, 3.8) is 0 Å². The predicted octanol–water partition coefficient (Wildman–Crippen LogP) is 2.95. The zero-order valence-corrected chi connectivity index (χ0v) is 12.7. The third-order valence-corrected chi connectivity index (χ3v) is 3.59. The molecule has 0 radical (unpaired) electrons. The largest absolute Gasteiger partial charge is 0.399 e. The fourth-order valence-electron chi connectivity index (χ4n) is 2.58. The van der Waals surface area contributed by atoms with E-state index in [2.05, 4.69) is 48.6 Å². The lowest BCUT2D eigenvalue weighted by Gasteiger charge is -2.11. The van der Waals surface area contributed by atoms with Gasteiger partial charge in [0.05, 0.1) is 11.4 Å². The first-order chi connectivity index (χ1) is 10.1. The maximum Gasteiger partial charge on any atom is 0.140 e. The van der Waals surface area contributed by atoms with Gasteiger partial charge in [0.25, 0.3) is 0 Å². The maximum absolute atomic E-state index is 5.79. The minimum atomic E-state index is 0.771. The number of imidazole rings is 1. The van der Waals surface area contributed by atoms with Crippen molar-refractivity contribution >= 4 is 11.3 Å². The number of hydrogen-bond acceptors (Lipinski definition) is 3. The summed E-state index contributed by atoms with van der Waals surface area (Å²) >= 11 is 0. The van der Waals surface area contributed by atoms with Crippen LogP contribution in [0.25, 0.3) is 16.9 Å². The molecule has 2 aromatic heterocycles. The summed E-state index contributed by atoms with van der Waals surface area (Å²) in [7, 11) is 4.14. The number of fused-ring (bicyclic) bond motifs is 1. The zero-order chi connectivity index (χ0) is 15.0. The lowest BCUT2D eigenvalue weighted by Crippen LogP contribution is -2.13. The van der Waals surface area contributed by atoms with Crippen molar-refractivity contribution in [3.05, 3.63) is 53.9 Å². The van der Waals surface area contributed by atoms with Crippen molar-refractivity contribution in [2.75, 3.05) is 19.8 Å². The van der Waals surface area contributed by atoms with Crippen LogP contribution in [0.15, 0.2) is 42.6 Å². The van der Waals surface area contributed by atoms with E-state index in [-0.39, 0.29) is 0 Å². The summed E-state index contributed by atoms with van der Waals surface area (Å²) in [5, 5.41) is 0. The molecule has 0 aliphatic heterocycles. The second kappa shape index (κ2) is 5.22. The zero-order valence-electron chi connectivity index (χ0n) is 12.7. The average molecular weight is 280 g/mol. The van der Waals surface area contributed by atoms with Crippen LogP contribution in [0.3, 0.4) is 0 Å². The summed E-state index contributed by atoms with van der Waals surface area (Å²) < 4.78 is 2.18. The lowest BCUT2D eigenvalue weighted by molar-refractivity contribution is 0.396. The quantitative estimate of drug-likeness (QED) is 0.750. The molecular formula is C17H20N4. The van der Waals surface area contributed by atoms with E-state index in [4.69, 9.17) is 10.7 Å². The second-order valence-electron chi connectivity index (χ2n) is 5.65. The van der Waals surface area contributed by atoms with E-state index in [0.717, 1.165) is 29.1 Å². The highest BCUT2D eigenvalue weighted by molar-refractivity contribution is 5.69. The number of nitrogens with zero attached hydrogens (tertiary/aromatic N) is 3. The minimum absolute atomic E-state index is 0.771.